The van der Waals surface area contributed by atoms with Gasteiger partial charge < -0.3 is 38.8 Å². The number of ether oxygens (including phenoxy) is 2. The van der Waals surface area contributed by atoms with Crippen LogP contribution in [0, 0.1) is 11.3 Å². The molecule has 3 aliphatic rings. The zero-order valence-electron chi connectivity index (χ0n) is 43.3. The van der Waals surface area contributed by atoms with Crippen molar-refractivity contribution in [2.75, 3.05) is 40.9 Å². The third kappa shape index (κ3) is 11.4. The molecular formula is C53H72N8O9S. The fraction of sp³-hybridized carbons (Fsp3) is 0.547. The minimum atomic E-state index is -1.42. The maximum atomic E-state index is 14.8. The van der Waals surface area contributed by atoms with Crippen molar-refractivity contribution in [2.24, 2.45) is 11.3 Å². The van der Waals surface area contributed by atoms with Crippen molar-refractivity contribution in [2.45, 2.75) is 136 Å². The van der Waals surface area contributed by atoms with Crippen LogP contribution < -0.4 is 10.7 Å². The molecular weight excluding hydrogens is 925 g/mol. The second-order valence-corrected chi connectivity index (χ2v) is 23.6. The number of esters is 1. The number of nitrogens with zero attached hydrogens (tertiary/aromatic N) is 6. The number of benzene rings is 2. The lowest BCUT2D eigenvalue weighted by Crippen LogP contribution is -2.62. The third-order valence-electron chi connectivity index (χ3n) is 13.8. The minimum Gasteiger partial charge on any atom is -0.597 e. The number of amides is 4. The highest BCUT2D eigenvalue weighted by atomic mass is 32.2. The first-order valence-corrected chi connectivity index (χ1v) is 25.7. The molecule has 17 nitrogen and oxygen atoms in total. The van der Waals surface area contributed by atoms with Crippen LogP contribution in [0.4, 0.5) is 0 Å². The summed E-state index contributed by atoms with van der Waals surface area (Å²) < 4.78 is 28.2. The summed E-state index contributed by atoms with van der Waals surface area (Å²) in [6.07, 6.45) is 5.01. The molecule has 0 aliphatic carbocycles. The summed E-state index contributed by atoms with van der Waals surface area (Å²) in [5.41, 5.74) is 9.57. The Morgan fingerprint density at radius 3 is 2.51 bits per heavy atom. The Bertz CT molecular complexity index is 2660. The predicted molar refractivity (Wildman–Crippen MR) is 273 cm³/mol. The largest absolute Gasteiger partial charge is 0.597 e. The van der Waals surface area contributed by atoms with Crippen LogP contribution in [-0.2, 0) is 70.8 Å². The summed E-state index contributed by atoms with van der Waals surface area (Å²) in [5.74, 6) is -2.92. The number of aromatic hydroxyl groups is 1. The fourth-order valence-corrected chi connectivity index (χ4v) is 11.6. The van der Waals surface area contributed by atoms with E-state index in [9.17, 15) is 33.6 Å². The molecule has 5 heterocycles. The summed E-state index contributed by atoms with van der Waals surface area (Å²) in [6, 6.07) is 9.29. The highest BCUT2D eigenvalue weighted by Crippen LogP contribution is 2.42. The molecule has 2 aromatic carbocycles. The highest BCUT2D eigenvalue weighted by Gasteiger charge is 2.61. The van der Waals surface area contributed by atoms with E-state index in [0.29, 0.717) is 43.5 Å². The van der Waals surface area contributed by atoms with Crippen LogP contribution in [0.25, 0.3) is 33.3 Å². The molecule has 4 aromatic rings. The van der Waals surface area contributed by atoms with Crippen LogP contribution in [0.1, 0.15) is 91.8 Å². The topological polar surface area (TPSA) is 202 Å². The van der Waals surface area contributed by atoms with Gasteiger partial charge in [0.25, 0.3) is 5.91 Å². The number of nitrogens with one attached hydrogen (secondary N) is 2. The molecule has 3 aliphatic heterocycles. The molecule has 2 unspecified atom stereocenters. The van der Waals surface area contributed by atoms with Gasteiger partial charge in [-0.25, -0.2) is 5.43 Å². The Labute approximate surface area is 420 Å². The number of rotatable bonds is 12. The number of hydrazine groups is 1. The van der Waals surface area contributed by atoms with Crippen LogP contribution >= 0.6 is 0 Å². The standard InChI is InChI=1S/C53H72N8O9S/c1-13-59-43-17-16-34-25-38(43)39(47(59)40-27-54-19-18-35(40)29-69-12)26-53(8,9)30-70-51(67)41-15-14-20-60(56-41)49(65)42(23-33-21-36(34)24-37(62)22-33)55-48(64)45(31(2)3)58(11)44(63)28-57(10)50(66)46-32(4)61(46)71(68)52(5,6)7/h16-19,21-22,24-25,27,31-32,41-42,45-46,56,62H,13-15,20,23,26,28-30H2,1-12H3,(H,55,64)/t32-,41-,42-,45-,46-,61?,71?/m0/s1. The van der Waals surface area contributed by atoms with E-state index in [-0.39, 0.29) is 43.8 Å². The van der Waals surface area contributed by atoms with Crippen LogP contribution in [-0.4, -0.2) is 144 Å². The minimum absolute atomic E-state index is 0.0337. The van der Waals surface area contributed by atoms with Gasteiger partial charge in [-0.05, 0) is 118 Å². The number of phenols is 1. The summed E-state index contributed by atoms with van der Waals surface area (Å²) in [4.78, 5) is 78.0. The number of hydrogen-bond donors (Lipinski definition) is 3. The molecule has 0 radical (unpaired) electrons. The van der Waals surface area contributed by atoms with Crippen molar-refractivity contribution in [1.82, 2.24) is 39.4 Å². The van der Waals surface area contributed by atoms with E-state index in [1.165, 1.54) is 28.9 Å². The molecule has 6 bridgehead atoms. The molecule has 2 saturated heterocycles. The number of phenolic OH excluding ortho intramolecular Hbond substituents is 1. The number of pyridine rings is 1. The van der Waals surface area contributed by atoms with E-state index in [2.05, 4.69) is 53.2 Å². The number of carbonyl (C=O) groups excluding carboxylic acids is 5. The van der Waals surface area contributed by atoms with Gasteiger partial charge in [-0.1, -0.05) is 39.8 Å². The molecule has 384 valence electrons. The SMILES string of the molecule is CCn1c(-c2cnccc2COC)c2c3cc(ccc31)-c1cc(O)cc(c1)C[C@H](NC(=O)[C@H](C(C)C)N(C)C(=O)CN(C)C(=O)[C@@H]1[C@H](C)N1[S+]([O-])C(C)(C)C)C(=O)N1CCC[C@H](N1)C(=O)OCC(C)(C)C2. The molecule has 71 heavy (non-hydrogen) atoms. The molecule has 0 saturated carbocycles. The molecule has 4 amide bonds. The van der Waals surface area contributed by atoms with Crippen molar-refractivity contribution >= 4 is 51.9 Å². The lowest BCUT2D eigenvalue weighted by atomic mass is 9.84. The second-order valence-electron chi connectivity index (χ2n) is 21.5. The lowest BCUT2D eigenvalue weighted by Gasteiger charge is -2.37. The number of aromatic nitrogens is 2. The molecule has 3 N–H and O–H groups in total. The Morgan fingerprint density at radius 2 is 1.83 bits per heavy atom. The van der Waals surface area contributed by atoms with Crippen molar-refractivity contribution in [3.8, 4) is 28.1 Å². The fourth-order valence-electron chi connectivity index (χ4n) is 10.1. The van der Waals surface area contributed by atoms with Gasteiger partial charge in [-0.15, -0.1) is 4.31 Å². The quantitative estimate of drug-likeness (QED) is 0.0933. The molecule has 7 atom stereocenters. The monoisotopic (exact) mass is 997 g/mol. The molecule has 2 aromatic heterocycles. The number of fused-ring (bicyclic) bond motifs is 6. The van der Waals surface area contributed by atoms with E-state index in [1.807, 2.05) is 52.1 Å². The Hall–Kier alpha value is -5.53. The summed E-state index contributed by atoms with van der Waals surface area (Å²) >= 11 is -1.42. The van der Waals surface area contributed by atoms with Crippen LogP contribution in [0.15, 0.2) is 54.9 Å². The maximum Gasteiger partial charge on any atom is 0.324 e. The van der Waals surface area contributed by atoms with Crippen LogP contribution in [0.2, 0.25) is 0 Å². The first kappa shape index (κ1) is 53.3. The van der Waals surface area contributed by atoms with Gasteiger partial charge in [0.1, 0.15) is 28.6 Å². The number of cyclic esters (lactones) is 1. The maximum absolute atomic E-state index is 14.8. The van der Waals surface area contributed by atoms with Crippen LogP contribution in [0.3, 0.4) is 0 Å². The molecule has 0 spiro atoms. The van der Waals surface area contributed by atoms with E-state index >= 15 is 0 Å². The third-order valence-corrected chi connectivity index (χ3v) is 15.8. The number of likely N-dealkylation sites (N-methyl/N-ethyl adjacent to an activating group) is 2. The predicted octanol–water partition coefficient (Wildman–Crippen LogP) is 5.37. The summed E-state index contributed by atoms with van der Waals surface area (Å²) in [7, 11) is 4.68. The lowest BCUT2D eigenvalue weighted by molar-refractivity contribution is -0.155. The zero-order valence-corrected chi connectivity index (χ0v) is 44.1. The van der Waals surface area contributed by atoms with Crippen LogP contribution in [0.5, 0.6) is 5.75 Å². The van der Waals surface area contributed by atoms with Gasteiger partial charge in [0.2, 0.25) is 17.7 Å². The van der Waals surface area contributed by atoms with E-state index in [0.717, 1.165) is 38.9 Å². The van der Waals surface area contributed by atoms with Crippen molar-refractivity contribution in [1.29, 1.82) is 0 Å². The average molecular weight is 997 g/mol. The van der Waals surface area contributed by atoms with Gasteiger partial charge >= 0.3 is 5.97 Å². The molecule has 18 heteroatoms. The smallest absolute Gasteiger partial charge is 0.324 e. The van der Waals surface area contributed by atoms with Crippen molar-refractivity contribution < 1.29 is 43.1 Å². The van der Waals surface area contributed by atoms with Gasteiger partial charge in [0, 0.05) is 86.4 Å². The summed E-state index contributed by atoms with van der Waals surface area (Å²) in [6.45, 7) is 18.2. The Kier molecular flexibility index (Phi) is 16.0. The van der Waals surface area contributed by atoms with Crippen molar-refractivity contribution in [3.05, 3.63) is 71.5 Å². The number of carbonyl (C=O) groups is 5. The van der Waals surface area contributed by atoms with Gasteiger partial charge in [-0.3, -0.25) is 34.0 Å². The van der Waals surface area contributed by atoms with E-state index in [4.69, 9.17) is 9.47 Å². The van der Waals surface area contributed by atoms with Gasteiger partial charge in [-0.2, -0.15) is 0 Å². The molecule has 2 fully saturated rings. The van der Waals surface area contributed by atoms with Gasteiger partial charge in [0.05, 0.1) is 31.5 Å². The molecule has 7 rings (SSSR count). The van der Waals surface area contributed by atoms with Crippen molar-refractivity contribution in [3.63, 3.8) is 0 Å². The first-order valence-electron chi connectivity index (χ1n) is 24.6. The summed E-state index contributed by atoms with van der Waals surface area (Å²) in [5, 5.41) is 16.7. The number of hydrogen-bond acceptors (Lipinski definition) is 12. The van der Waals surface area contributed by atoms with Gasteiger partial charge in [0.15, 0.2) is 6.04 Å². The Morgan fingerprint density at radius 1 is 1.10 bits per heavy atom. The number of methoxy groups -OCH3 is 1. The van der Waals surface area contributed by atoms with E-state index < -0.39 is 75.3 Å². The first-order chi connectivity index (χ1) is 33.5. The Balaban J connectivity index is 1.24. The normalized spacial score (nSPS) is 22.3. The van der Waals surface area contributed by atoms with E-state index in [1.54, 1.807) is 43.6 Å². The zero-order chi connectivity index (χ0) is 51.9. The second kappa shape index (κ2) is 21.3. The number of aryl methyl sites for hydroxylation is 1. The average Bonchev–Trinajstić information content (AvgIpc) is 3.89. The highest BCUT2D eigenvalue weighted by molar-refractivity contribution is 7.90.